The number of nitrogens with zero attached hydrogens (tertiary/aromatic N) is 4. The predicted octanol–water partition coefficient (Wildman–Crippen LogP) is 1.91. The molecule has 1 fully saturated rings. The number of pyridine rings is 1. The first-order valence-corrected chi connectivity index (χ1v) is 8.02. The molecule has 2 aromatic rings. The van der Waals surface area contributed by atoms with E-state index in [4.69, 9.17) is 0 Å². The Hall–Kier alpha value is -2.21. The van der Waals surface area contributed by atoms with E-state index < -0.39 is 0 Å². The van der Waals surface area contributed by atoms with E-state index in [1.165, 1.54) is 0 Å². The maximum Gasteiger partial charge on any atom is 0.237 e. The van der Waals surface area contributed by atoms with Crippen molar-refractivity contribution in [2.45, 2.75) is 32.4 Å². The highest BCUT2D eigenvalue weighted by Crippen LogP contribution is 2.30. The molecule has 6 nitrogen and oxygen atoms in total. The Morgan fingerprint density at radius 2 is 2.35 bits per heavy atom. The minimum absolute atomic E-state index is 0.0861. The molecule has 1 aliphatic rings. The number of amides is 1. The number of hydrogen-bond donors (Lipinski definition) is 1. The SMILES string of the molecule is Cc1cnc(C2CCCN2C(=O)CN(C)Cc2cccnc2)[nH]1. The number of likely N-dealkylation sites (tertiary alicyclic amines) is 1. The van der Waals surface area contributed by atoms with Gasteiger partial charge in [-0.05, 0) is 38.4 Å². The molecule has 122 valence electrons. The standard InChI is InChI=1S/C17H23N5O/c1-13-9-19-17(20-13)15-6-4-8-22(15)16(23)12-21(2)11-14-5-3-7-18-10-14/h3,5,7,9-10,15H,4,6,8,11-12H2,1-2H3,(H,19,20). The van der Waals surface area contributed by atoms with Crippen LogP contribution < -0.4 is 0 Å². The third kappa shape index (κ3) is 3.76. The van der Waals surface area contributed by atoms with Gasteiger partial charge in [-0.3, -0.25) is 14.7 Å². The number of aromatic nitrogens is 3. The Labute approximate surface area is 136 Å². The topological polar surface area (TPSA) is 65.1 Å². The number of likely N-dealkylation sites (N-methyl/N-ethyl adjacent to an activating group) is 1. The van der Waals surface area contributed by atoms with Gasteiger partial charge in [-0.15, -0.1) is 0 Å². The fourth-order valence-corrected chi connectivity index (χ4v) is 3.13. The monoisotopic (exact) mass is 313 g/mol. The molecule has 1 aliphatic heterocycles. The first-order chi connectivity index (χ1) is 11.1. The molecule has 1 amide bonds. The Morgan fingerprint density at radius 3 is 3.04 bits per heavy atom. The van der Waals surface area contributed by atoms with Crippen LogP contribution in [-0.4, -0.2) is 50.8 Å². The van der Waals surface area contributed by atoms with Crippen molar-refractivity contribution in [1.82, 2.24) is 24.8 Å². The lowest BCUT2D eigenvalue weighted by atomic mass is 10.2. The van der Waals surface area contributed by atoms with Crippen LogP contribution in [0.25, 0.3) is 0 Å². The molecule has 0 aliphatic carbocycles. The highest BCUT2D eigenvalue weighted by atomic mass is 16.2. The normalized spacial score (nSPS) is 17.9. The molecule has 3 heterocycles. The van der Waals surface area contributed by atoms with Gasteiger partial charge in [0, 0.05) is 37.4 Å². The van der Waals surface area contributed by atoms with Gasteiger partial charge in [-0.1, -0.05) is 6.07 Å². The second kappa shape index (κ2) is 6.91. The van der Waals surface area contributed by atoms with Gasteiger partial charge in [-0.2, -0.15) is 0 Å². The molecule has 2 aromatic heterocycles. The minimum Gasteiger partial charge on any atom is -0.344 e. The Morgan fingerprint density at radius 1 is 1.48 bits per heavy atom. The number of carbonyl (C=O) groups excluding carboxylic acids is 1. The van der Waals surface area contributed by atoms with E-state index >= 15 is 0 Å². The van der Waals surface area contributed by atoms with Crippen molar-refractivity contribution in [3.05, 3.63) is 47.8 Å². The molecule has 1 N–H and O–H groups in total. The Balaban J connectivity index is 1.60. The number of hydrogen-bond acceptors (Lipinski definition) is 4. The predicted molar refractivity (Wildman–Crippen MR) is 87.6 cm³/mol. The zero-order chi connectivity index (χ0) is 16.2. The second-order valence-electron chi connectivity index (χ2n) is 6.23. The van der Waals surface area contributed by atoms with E-state index in [-0.39, 0.29) is 11.9 Å². The van der Waals surface area contributed by atoms with Gasteiger partial charge < -0.3 is 9.88 Å². The molecule has 1 atom stereocenters. The molecule has 1 unspecified atom stereocenters. The van der Waals surface area contributed by atoms with Crippen molar-refractivity contribution in [3.63, 3.8) is 0 Å². The van der Waals surface area contributed by atoms with Crippen molar-refractivity contribution in [2.24, 2.45) is 0 Å². The summed E-state index contributed by atoms with van der Waals surface area (Å²) in [6, 6.07) is 4.03. The molecule has 0 spiro atoms. The fourth-order valence-electron chi connectivity index (χ4n) is 3.13. The zero-order valence-corrected chi connectivity index (χ0v) is 13.7. The van der Waals surface area contributed by atoms with Crippen LogP contribution in [0.2, 0.25) is 0 Å². The number of rotatable bonds is 5. The third-order valence-corrected chi connectivity index (χ3v) is 4.19. The second-order valence-corrected chi connectivity index (χ2v) is 6.23. The van der Waals surface area contributed by atoms with Crippen LogP contribution in [0.5, 0.6) is 0 Å². The molecule has 3 rings (SSSR count). The maximum atomic E-state index is 12.7. The van der Waals surface area contributed by atoms with Gasteiger partial charge in [0.25, 0.3) is 0 Å². The Kier molecular flexibility index (Phi) is 4.71. The van der Waals surface area contributed by atoms with Crippen LogP contribution in [0.4, 0.5) is 0 Å². The summed E-state index contributed by atoms with van der Waals surface area (Å²) in [6.07, 6.45) is 7.43. The summed E-state index contributed by atoms with van der Waals surface area (Å²) in [5.41, 5.74) is 2.15. The number of nitrogens with one attached hydrogen (secondary N) is 1. The summed E-state index contributed by atoms with van der Waals surface area (Å²) in [5, 5.41) is 0. The summed E-state index contributed by atoms with van der Waals surface area (Å²) in [5.74, 6) is 1.07. The minimum atomic E-state index is 0.0861. The van der Waals surface area contributed by atoms with Crippen molar-refractivity contribution in [1.29, 1.82) is 0 Å². The number of carbonyl (C=O) groups is 1. The van der Waals surface area contributed by atoms with E-state index in [2.05, 4.69) is 15.0 Å². The average Bonchev–Trinajstić information content (AvgIpc) is 3.16. The summed E-state index contributed by atoms with van der Waals surface area (Å²) in [4.78, 5) is 28.4. The molecule has 23 heavy (non-hydrogen) atoms. The number of aromatic amines is 1. The van der Waals surface area contributed by atoms with Gasteiger partial charge in [0.2, 0.25) is 5.91 Å². The summed E-state index contributed by atoms with van der Waals surface area (Å²) >= 11 is 0. The molecule has 1 saturated heterocycles. The fraction of sp³-hybridized carbons (Fsp3) is 0.471. The zero-order valence-electron chi connectivity index (χ0n) is 13.7. The molecule has 0 saturated carbocycles. The molecule has 0 bridgehead atoms. The summed E-state index contributed by atoms with van der Waals surface area (Å²) in [6.45, 7) is 3.92. The lowest BCUT2D eigenvalue weighted by Crippen LogP contribution is -2.38. The van der Waals surface area contributed by atoms with Gasteiger partial charge >= 0.3 is 0 Å². The smallest absolute Gasteiger partial charge is 0.237 e. The van der Waals surface area contributed by atoms with Crippen LogP contribution in [0.15, 0.2) is 30.7 Å². The first kappa shape index (κ1) is 15.7. The highest BCUT2D eigenvalue weighted by Gasteiger charge is 2.31. The van der Waals surface area contributed by atoms with Crippen molar-refractivity contribution in [2.75, 3.05) is 20.1 Å². The van der Waals surface area contributed by atoms with E-state index in [0.717, 1.165) is 43.0 Å². The number of H-pyrrole nitrogens is 1. The van der Waals surface area contributed by atoms with E-state index in [0.29, 0.717) is 6.54 Å². The van der Waals surface area contributed by atoms with Gasteiger partial charge in [0.05, 0.1) is 12.6 Å². The molecule has 6 heteroatoms. The van der Waals surface area contributed by atoms with Gasteiger partial charge in [0.1, 0.15) is 5.82 Å². The molecular weight excluding hydrogens is 290 g/mol. The van der Waals surface area contributed by atoms with Crippen LogP contribution in [-0.2, 0) is 11.3 Å². The van der Waals surface area contributed by atoms with Crippen LogP contribution in [0, 0.1) is 6.92 Å². The number of imidazole rings is 1. The van der Waals surface area contributed by atoms with Gasteiger partial charge in [-0.25, -0.2) is 4.98 Å². The van der Waals surface area contributed by atoms with Crippen LogP contribution >= 0.6 is 0 Å². The Bertz CT molecular complexity index is 654. The molecule has 0 radical (unpaired) electrons. The quantitative estimate of drug-likeness (QED) is 0.916. The van der Waals surface area contributed by atoms with Crippen molar-refractivity contribution >= 4 is 5.91 Å². The molecule has 0 aromatic carbocycles. The lowest BCUT2D eigenvalue weighted by molar-refractivity contribution is -0.133. The van der Waals surface area contributed by atoms with Crippen LogP contribution in [0.3, 0.4) is 0 Å². The largest absolute Gasteiger partial charge is 0.344 e. The van der Waals surface area contributed by atoms with Crippen LogP contribution in [0.1, 0.15) is 36.0 Å². The molecular formula is C17H23N5O. The van der Waals surface area contributed by atoms with E-state index in [1.807, 2.05) is 48.3 Å². The van der Waals surface area contributed by atoms with Crippen molar-refractivity contribution in [3.8, 4) is 0 Å². The van der Waals surface area contributed by atoms with E-state index in [9.17, 15) is 4.79 Å². The summed E-state index contributed by atoms with van der Waals surface area (Å²) in [7, 11) is 1.97. The van der Waals surface area contributed by atoms with Crippen molar-refractivity contribution < 1.29 is 4.79 Å². The van der Waals surface area contributed by atoms with Gasteiger partial charge in [0.15, 0.2) is 0 Å². The third-order valence-electron chi connectivity index (χ3n) is 4.19. The highest BCUT2D eigenvalue weighted by molar-refractivity contribution is 5.79. The first-order valence-electron chi connectivity index (χ1n) is 8.02. The maximum absolute atomic E-state index is 12.7. The summed E-state index contributed by atoms with van der Waals surface area (Å²) < 4.78 is 0. The lowest BCUT2D eigenvalue weighted by Gasteiger charge is -2.26. The number of aryl methyl sites for hydroxylation is 1. The average molecular weight is 313 g/mol. The van der Waals surface area contributed by atoms with E-state index in [1.54, 1.807) is 6.20 Å².